The Balaban J connectivity index is 2.13. The fourth-order valence-corrected chi connectivity index (χ4v) is 2.78. The number of nitro groups is 1. The summed E-state index contributed by atoms with van der Waals surface area (Å²) in [5, 5.41) is 16.4. The van der Waals surface area contributed by atoms with E-state index in [9.17, 15) is 14.9 Å². The molecule has 2 rings (SSSR count). The number of nitrogens with one attached hydrogen (secondary N) is 2. The number of amides is 1. The van der Waals surface area contributed by atoms with Crippen LogP contribution in [0.4, 0.5) is 11.4 Å². The average Bonchev–Trinajstić information content (AvgIpc) is 2.51. The first kappa shape index (κ1) is 18.8. The van der Waals surface area contributed by atoms with E-state index in [1.165, 1.54) is 18.2 Å². The van der Waals surface area contributed by atoms with E-state index < -0.39 is 10.8 Å². The molecule has 124 valence electrons. The van der Waals surface area contributed by atoms with Crippen LogP contribution in [0.15, 0.2) is 36.4 Å². The third-order valence-corrected chi connectivity index (χ3v) is 4.34. The fraction of sp³-hybridized carbons (Fsp3) is 0. The number of hydrogen-bond acceptors (Lipinski definition) is 4. The van der Waals surface area contributed by atoms with E-state index in [1.807, 2.05) is 0 Å². The van der Waals surface area contributed by atoms with Gasteiger partial charge >= 0.3 is 0 Å². The van der Waals surface area contributed by atoms with Crippen molar-refractivity contribution in [2.75, 3.05) is 5.32 Å². The molecule has 0 heterocycles. The summed E-state index contributed by atoms with van der Waals surface area (Å²) in [6.07, 6.45) is 0. The van der Waals surface area contributed by atoms with E-state index in [0.717, 1.165) is 3.57 Å². The third-order valence-electron chi connectivity index (χ3n) is 2.81. The summed E-state index contributed by atoms with van der Waals surface area (Å²) in [7, 11) is 0. The lowest BCUT2D eigenvalue weighted by Gasteiger charge is -2.11. The number of halogens is 3. The van der Waals surface area contributed by atoms with Crippen molar-refractivity contribution in [1.29, 1.82) is 0 Å². The molecule has 0 spiro atoms. The zero-order chi connectivity index (χ0) is 17.9. The van der Waals surface area contributed by atoms with E-state index >= 15 is 0 Å². The van der Waals surface area contributed by atoms with Crippen LogP contribution in [0, 0.1) is 13.7 Å². The quantitative estimate of drug-likeness (QED) is 0.280. The van der Waals surface area contributed by atoms with Gasteiger partial charge in [0.15, 0.2) is 5.11 Å². The van der Waals surface area contributed by atoms with Crippen LogP contribution < -0.4 is 10.6 Å². The van der Waals surface area contributed by atoms with E-state index in [0.29, 0.717) is 0 Å². The molecular formula is C14H8Cl2IN3O3S. The molecule has 6 nitrogen and oxygen atoms in total. The maximum absolute atomic E-state index is 12.2. The second-order valence-electron chi connectivity index (χ2n) is 4.45. The first-order valence-electron chi connectivity index (χ1n) is 6.29. The predicted octanol–water partition coefficient (Wildman–Crippen LogP) is 4.63. The normalized spacial score (nSPS) is 10.1. The van der Waals surface area contributed by atoms with E-state index in [2.05, 4.69) is 33.2 Å². The van der Waals surface area contributed by atoms with Crippen LogP contribution in [0.2, 0.25) is 10.0 Å². The molecule has 10 heteroatoms. The lowest BCUT2D eigenvalue weighted by Crippen LogP contribution is -2.34. The Labute approximate surface area is 165 Å². The van der Waals surface area contributed by atoms with Gasteiger partial charge in [0.1, 0.15) is 0 Å². The van der Waals surface area contributed by atoms with Crippen molar-refractivity contribution in [3.8, 4) is 0 Å². The molecule has 1 amide bonds. The van der Waals surface area contributed by atoms with Gasteiger partial charge < -0.3 is 5.32 Å². The van der Waals surface area contributed by atoms with Crippen molar-refractivity contribution in [2.45, 2.75) is 0 Å². The van der Waals surface area contributed by atoms with Crippen molar-refractivity contribution in [3.63, 3.8) is 0 Å². The molecular weight excluding hydrogens is 488 g/mol. The minimum Gasteiger partial charge on any atom is -0.331 e. The first-order chi connectivity index (χ1) is 11.3. The fourth-order valence-electron chi connectivity index (χ4n) is 1.72. The van der Waals surface area contributed by atoms with Crippen LogP contribution in [-0.2, 0) is 0 Å². The largest absolute Gasteiger partial charge is 0.331 e. The van der Waals surface area contributed by atoms with Crippen LogP contribution in [-0.4, -0.2) is 15.9 Å². The Morgan fingerprint density at radius 1 is 1.17 bits per heavy atom. The molecule has 0 unspecified atom stereocenters. The van der Waals surface area contributed by atoms with Gasteiger partial charge in [0, 0.05) is 15.7 Å². The zero-order valence-corrected chi connectivity index (χ0v) is 16.2. The second kappa shape index (κ2) is 8.06. The highest BCUT2D eigenvalue weighted by molar-refractivity contribution is 14.1. The molecule has 0 atom stereocenters. The summed E-state index contributed by atoms with van der Waals surface area (Å²) in [6, 6.07) is 8.83. The SMILES string of the molecule is O=C(NC(=S)Nc1cc([N+](=O)[O-])ccc1Cl)c1cc(I)ccc1Cl. The van der Waals surface area contributed by atoms with Gasteiger partial charge in [0.25, 0.3) is 11.6 Å². The van der Waals surface area contributed by atoms with Gasteiger partial charge in [-0.25, -0.2) is 0 Å². The van der Waals surface area contributed by atoms with Gasteiger partial charge in [-0.05, 0) is 59.1 Å². The van der Waals surface area contributed by atoms with Crippen LogP contribution in [0.3, 0.4) is 0 Å². The number of carbonyl (C=O) groups is 1. The van der Waals surface area contributed by atoms with Crippen LogP contribution in [0.5, 0.6) is 0 Å². The predicted molar refractivity (Wildman–Crippen MR) is 106 cm³/mol. The number of carbonyl (C=O) groups excluding carboxylic acids is 1. The number of anilines is 1. The Hall–Kier alpha value is -1.49. The Morgan fingerprint density at radius 3 is 2.50 bits per heavy atom. The molecule has 0 fully saturated rings. The van der Waals surface area contributed by atoms with Gasteiger partial charge in [0.05, 0.1) is 26.2 Å². The molecule has 0 bridgehead atoms. The van der Waals surface area contributed by atoms with E-state index in [4.69, 9.17) is 35.4 Å². The third kappa shape index (κ3) is 4.76. The smallest absolute Gasteiger partial charge is 0.271 e. The number of thiocarbonyl (C=S) groups is 1. The maximum atomic E-state index is 12.2. The highest BCUT2D eigenvalue weighted by Gasteiger charge is 2.15. The minimum absolute atomic E-state index is 0.0580. The van der Waals surface area contributed by atoms with Crippen LogP contribution in [0.25, 0.3) is 0 Å². The van der Waals surface area contributed by atoms with Crippen molar-refractivity contribution >= 4 is 80.4 Å². The summed E-state index contributed by atoms with van der Waals surface area (Å²) >= 11 is 19.1. The van der Waals surface area contributed by atoms with E-state index in [1.54, 1.807) is 18.2 Å². The molecule has 0 saturated heterocycles. The molecule has 0 saturated carbocycles. The number of benzene rings is 2. The van der Waals surface area contributed by atoms with Crippen molar-refractivity contribution in [2.24, 2.45) is 0 Å². The highest BCUT2D eigenvalue weighted by atomic mass is 127. The van der Waals surface area contributed by atoms with Crippen molar-refractivity contribution in [1.82, 2.24) is 5.32 Å². The molecule has 2 aromatic carbocycles. The monoisotopic (exact) mass is 495 g/mol. The van der Waals surface area contributed by atoms with Gasteiger partial charge in [-0.3, -0.25) is 20.2 Å². The molecule has 0 aliphatic rings. The highest BCUT2D eigenvalue weighted by Crippen LogP contribution is 2.26. The van der Waals surface area contributed by atoms with Gasteiger partial charge in [-0.15, -0.1) is 0 Å². The number of nitrogens with zero attached hydrogens (tertiary/aromatic N) is 1. The molecule has 0 radical (unpaired) electrons. The van der Waals surface area contributed by atoms with Crippen molar-refractivity contribution in [3.05, 3.63) is 65.7 Å². The average molecular weight is 496 g/mol. The summed E-state index contributed by atoms with van der Waals surface area (Å²) in [4.78, 5) is 22.4. The van der Waals surface area contributed by atoms with E-state index in [-0.39, 0.29) is 32.1 Å². The summed E-state index contributed by atoms with van der Waals surface area (Å²) in [6.45, 7) is 0. The Morgan fingerprint density at radius 2 is 1.83 bits per heavy atom. The minimum atomic E-state index is -0.561. The summed E-state index contributed by atoms with van der Waals surface area (Å²) < 4.78 is 0.836. The molecule has 2 aromatic rings. The zero-order valence-electron chi connectivity index (χ0n) is 11.7. The first-order valence-corrected chi connectivity index (χ1v) is 8.53. The number of rotatable bonds is 3. The molecule has 0 aromatic heterocycles. The summed E-state index contributed by atoms with van der Waals surface area (Å²) in [5.74, 6) is -0.502. The molecule has 2 N–H and O–H groups in total. The van der Waals surface area contributed by atoms with Crippen LogP contribution in [0.1, 0.15) is 10.4 Å². The number of hydrogen-bond donors (Lipinski definition) is 2. The van der Waals surface area contributed by atoms with Gasteiger partial charge in [-0.2, -0.15) is 0 Å². The lowest BCUT2D eigenvalue weighted by molar-refractivity contribution is -0.384. The van der Waals surface area contributed by atoms with Crippen molar-refractivity contribution < 1.29 is 9.72 Å². The summed E-state index contributed by atoms with van der Waals surface area (Å²) in [5.41, 5.74) is 0.319. The van der Waals surface area contributed by atoms with Gasteiger partial charge in [0.2, 0.25) is 0 Å². The topological polar surface area (TPSA) is 84.3 Å². The Bertz CT molecular complexity index is 848. The standard InChI is InChI=1S/C14H8Cl2IN3O3S/c15-10-3-1-7(17)5-9(10)13(21)19-14(24)18-12-6-8(20(22)23)2-4-11(12)16/h1-6H,(H2,18,19,21,24). The number of non-ortho nitro benzene ring substituents is 1. The molecule has 24 heavy (non-hydrogen) atoms. The lowest BCUT2D eigenvalue weighted by atomic mass is 10.2. The maximum Gasteiger partial charge on any atom is 0.271 e. The second-order valence-corrected chi connectivity index (χ2v) is 6.92. The molecule has 0 aliphatic carbocycles. The number of nitro benzene ring substituents is 1. The molecule has 0 aliphatic heterocycles. The Kier molecular flexibility index (Phi) is 6.33. The van der Waals surface area contributed by atoms with Crippen LogP contribution >= 0.6 is 58.0 Å². The van der Waals surface area contributed by atoms with Gasteiger partial charge in [-0.1, -0.05) is 23.2 Å².